The smallest absolute Gasteiger partial charge is 0.227 e. The van der Waals surface area contributed by atoms with E-state index in [2.05, 4.69) is 17.4 Å². The van der Waals surface area contributed by atoms with E-state index in [4.69, 9.17) is 0 Å². The molecule has 0 aromatic heterocycles. The van der Waals surface area contributed by atoms with Crippen molar-refractivity contribution in [2.75, 3.05) is 6.54 Å². The molecule has 0 aliphatic heterocycles. The van der Waals surface area contributed by atoms with Gasteiger partial charge >= 0.3 is 0 Å². The van der Waals surface area contributed by atoms with Crippen LogP contribution in [0.15, 0.2) is 24.3 Å². The van der Waals surface area contributed by atoms with Crippen molar-refractivity contribution in [1.29, 1.82) is 0 Å². The second-order valence-corrected chi connectivity index (χ2v) is 6.01. The molecule has 1 aliphatic rings. The van der Waals surface area contributed by atoms with Crippen LogP contribution in [0.3, 0.4) is 0 Å². The highest BCUT2D eigenvalue weighted by Crippen LogP contribution is 2.25. The predicted molar refractivity (Wildman–Crippen MR) is 84.2 cm³/mol. The molecule has 0 radical (unpaired) electrons. The van der Waals surface area contributed by atoms with Gasteiger partial charge in [-0.05, 0) is 43.7 Å². The van der Waals surface area contributed by atoms with Gasteiger partial charge in [0.05, 0.1) is 5.92 Å². The standard InChI is InChI=1S/C18H25NO2/c1-3-11-19-18(21)13(2)15-9-7-14(8-10-15)12-16-5-4-6-17(16)20/h7-10,13,16H,3-6,11-12H2,1-2H3,(H,19,21). The van der Waals surface area contributed by atoms with Gasteiger partial charge in [0.25, 0.3) is 0 Å². The highest BCUT2D eigenvalue weighted by atomic mass is 16.1. The van der Waals surface area contributed by atoms with Crippen molar-refractivity contribution in [2.45, 2.75) is 51.9 Å². The van der Waals surface area contributed by atoms with E-state index in [-0.39, 0.29) is 17.7 Å². The van der Waals surface area contributed by atoms with E-state index >= 15 is 0 Å². The zero-order valence-corrected chi connectivity index (χ0v) is 13.0. The lowest BCUT2D eigenvalue weighted by atomic mass is 9.94. The summed E-state index contributed by atoms with van der Waals surface area (Å²) in [7, 11) is 0. The summed E-state index contributed by atoms with van der Waals surface area (Å²) in [5, 5.41) is 2.93. The summed E-state index contributed by atoms with van der Waals surface area (Å²) < 4.78 is 0. The van der Waals surface area contributed by atoms with Crippen molar-refractivity contribution < 1.29 is 9.59 Å². The monoisotopic (exact) mass is 287 g/mol. The van der Waals surface area contributed by atoms with E-state index in [9.17, 15) is 9.59 Å². The lowest BCUT2D eigenvalue weighted by Crippen LogP contribution is -2.28. The van der Waals surface area contributed by atoms with Crippen molar-refractivity contribution in [3.8, 4) is 0 Å². The normalized spacial score (nSPS) is 19.5. The second-order valence-electron chi connectivity index (χ2n) is 6.01. The summed E-state index contributed by atoms with van der Waals surface area (Å²) in [4.78, 5) is 23.6. The van der Waals surface area contributed by atoms with E-state index < -0.39 is 0 Å². The molecule has 1 aromatic carbocycles. The van der Waals surface area contributed by atoms with Gasteiger partial charge in [0.1, 0.15) is 5.78 Å². The van der Waals surface area contributed by atoms with Crippen LogP contribution in [0, 0.1) is 5.92 Å². The summed E-state index contributed by atoms with van der Waals surface area (Å²) in [5.74, 6) is 0.571. The molecule has 1 N–H and O–H groups in total. The number of carbonyl (C=O) groups excluding carboxylic acids is 2. The molecule has 0 heterocycles. The van der Waals surface area contributed by atoms with Crippen LogP contribution in [-0.4, -0.2) is 18.2 Å². The Morgan fingerprint density at radius 1 is 1.33 bits per heavy atom. The first-order valence-corrected chi connectivity index (χ1v) is 8.01. The number of Topliss-reactive ketones (excluding diaryl/α,β-unsaturated/α-hetero) is 1. The number of nitrogens with one attached hydrogen (secondary N) is 1. The molecule has 1 aliphatic carbocycles. The third-order valence-electron chi connectivity index (χ3n) is 4.34. The topological polar surface area (TPSA) is 46.2 Å². The van der Waals surface area contributed by atoms with Crippen LogP contribution < -0.4 is 5.32 Å². The maximum absolute atomic E-state index is 12.0. The third kappa shape index (κ3) is 4.16. The fourth-order valence-corrected chi connectivity index (χ4v) is 2.88. The van der Waals surface area contributed by atoms with Crippen molar-refractivity contribution >= 4 is 11.7 Å². The molecule has 0 bridgehead atoms. The molecule has 0 spiro atoms. The summed E-state index contributed by atoms with van der Waals surface area (Å²) >= 11 is 0. The highest BCUT2D eigenvalue weighted by molar-refractivity contribution is 5.83. The lowest BCUT2D eigenvalue weighted by Gasteiger charge is -2.13. The Kier molecular flexibility index (Phi) is 5.54. The summed E-state index contributed by atoms with van der Waals surface area (Å²) in [6.07, 6.45) is 4.60. The van der Waals surface area contributed by atoms with Crippen LogP contribution >= 0.6 is 0 Å². The van der Waals surface area contributed by atoms with E-state index in [0.29, 0.717) is 5.78 Å². The van der Waals surface area contributed by atoms with Crippen LogP contribution in [0.4, 0.5) is 0 Å². The molecule has 2 atom stereocenters. The average Bonchev–Trinajstić information content (AvgIpc) is 2.90. The maximum Gasteiger partial charge on any atom is 0.227 e. The fourth-order valence-electron chi connectivity index (χ4n) is 2.88. The zero-order chi connectivity index (χ0) is 15.2. The molecule has 21 heavy (non-hydrogen) atoms. The van der Waals surface area contributed by atoms with Crippen LogP contribution in [0.5, 0.6) is 0 Å². The minimum Gasteiger partial charge on any atom is -0.356 e. The number of hydrogen-bond acceptors (Lipinski definition) is 2. The molecule has 1 aromatic rings. The molecule has 0 saturated heterocycles. The minimum absolute atomic E-state index is 0.0792. The molecule has 2 rings (SSSR count). The van der Waals surface area contributed by atoms with Crippen LogP contribution in [0.1, 0.15) is 56.6 Å². The number of ketones is 1. The van der Waals surface area contributed by atoms with Gasteiger partial charge < -0.3 is 5.32 Å². The van der Waals surface area contributed by atoms with Crippen LogP contribution in [0.25, 0.3) is 0 Å². The molecular formula is C18H25NO2. The van der Waals surface area contributed by atoms with Crippen molar-refractivity contribution in [1.82, 2.24) is 5.32 Å². The molecule has 3 heteroatoms. The Balaban J connectivity index is 1.94. The highest BCUT2D eigenvalue weighted by Gasteiger charge is 2.24. The first-order chi connectivity index (χ1) is 10.1. The summed E-state index contributed by atoms with van der Waals surface area (Å²) in [6.45, 7) is 4.70. The number of amides is 1. The fraction of sp³-hybridized carbons (Fsp3) is 0.556. The molecule has 1 fully saturated rings. The first-order valence-electron chi connectivity index (χ1n) is 8.01. The zero-order valence-electron chi connectivity index (χ0n) is 13.0. The Bertz CT molecular complexity index is 492. The predicted octanol–water partition coefficient (Wildman–Crippen LogP) is 3.23. The Morgan fingerprint density at radius 3 is 2.62 bits per heavy atom. The largest absolute Gasteiger partial charge is 0.356 e. The number of hydrogen-bond donors (Lipinski definition) is 1. The van der Waals surface area contributed by atoms with Gasteiger partial charge in [-0.3, -0.25) is 9.59 Å². The molecule has 1 saturated carbocycles. The van der Waals surface area contributed by atoms with E-state index in [0.717, 1.165) is 44.2 Å². The Labute approximate surface area is 127 Å². The second kappa shape index (κ2) is 7.39. The Morgan fingerprint density at radius 2 is 2.05 bits per heavy atom. The lowest BCUT2D eigenvalue weighted by molar-refractivity contribution is -0.122. The van der Waals surface area contributed by atoms with Gasteiger partial charge in [0.2, 0.25) is 5.91 Å². The van der Waals surface area contributed by atoms with Gasteiger partial charge in [0, 0.05) is 18.9 Å². The third-order valence-corrected chi connectivity index (χ3v) is 4.34. The number of rotatable bonds is 6. The Hall–Kier alpha value is -1.64. The van der Waals surface area contributed by atoms with Gasteiger partial charge in [-0.25, -0.2) is 0 Å². The molecule has 114 valence electrons. The number of carbonyl (C=O) groups is 2. The summed E-state index contributed by atoms with van der Waals surface area (Å²) in [6, 6.07) is 8.16. The number of benzene rings is 1. The van der Waals surface area contributed by atoms with Crippen molar-refractivity contribution in [3.63, 3.8) is 0 Å². The van der Waals surface area contributed by atoms with Crippen molar-refractivity contribution in [2.24, 2.45) is 5.92 Å². The van der Waals surface area contributed by atoms with Gasteiger partial charge in [-0.1, -0.05) is 31.2 Å². The van der Waals surface area contributed by atoms with Crippen LogP contribution in [0.2, 0.25) is 0 Å². The van der Waals surface area contributed by atoms with Gasteiger partial charge in [-0.2, -0.15) is 0 Å². The molecule has 3 nitrogen and oxygen atoms in total. The quantitative estimate of drug-likeness (QED) is 0.873. The van der Waals surface area contributed by atoms with E-state index in [1.54, 1.807) is 0 Å². The molecular weight excluding hydrogens is 262 g/mol. The van der Waals surface area contributed by atoms with Crippen molar-refractivity contribution in [3.05, 3.63) is 35.4 Å². The average molecular weight is 287 g/mol. The first kappa shape index (κ1) is 15.7. The van der Waals surface area contributed by atoms with E-state index in [1.807, 2.05) is 26.0 Å². The molecule has 2 unspecified atom stereocenters. The van der Waals surface area contributed by atoms with Crippen LogP contribution in [-0.2, 0) is 16.0 Å². The van der Waals surface area contributed by atoms with E-state index in [1.165, 1.54) is 5.56 Å². The molecule has 1 amide bonds. The maximum atomic E-state index is 12.0. The minimum atomic E-state index is -0.126. The van der Waals surface area contributed by atoms with Gasteiger partial charge in [0.15, 0.2) is 0 Å². The van der Waals surface area contributed by atoms with Gasteiger partial charge in [-0.15, -0.1) is 0 Å². The summed E-state index contributed by atoms with van der Waals surface area (Å²) in [5.41, 5.74) is 2.23. The SMILES string of the molecule is CCCNC(=O)C(C)c1ccc(CC2CCCC2=O)cc1.